The maximum Gasteiger partial charge on any atom is 0.416 e. The smallest absolute Gasteiger partial charge is 0.416 e. The van der Waals surface area contributed by atoms with Crippen LogP contribution in [-0.2, 0) is 27.0 Å². The summed E-state index contributed by atoms with van der Waals surface area (Å²) < 4.78 is 39.0. The number of anilines is 1. The highest BCUT2D eigenvalue weighted by molar-refractivity contribution is 6.34. The van der Waals surface area contributed by atoms with Gasteiger partial charge in [0.1, 0.15) is 6.04 Å². The number of rotatable bonds is 8. The number of carbonyl (C=O) groups is 4. The summed E-state index contributed by atoms with van der Waals surface area (Å²) in [7, 11) is 0. The van der Waals surface area contributed by atoms with Gasteiger partial charge in [0.05, 0.1) is 21.6 Å². The van der Waals surface area contributed by atoms with E-state index in [1.807, 2.05) is 0 Å². The Morgan fingerprint density at radius 3 is 2.18 bits per heavy atom. The van der Waals surface area contributed by atoms with Crippen molar-refractivity contribution in [1.82, 2.24) is 5.32 Å². The molecule has 3 rings (SSSR count). The lowest BCUT2D eigenvalue weighted by atomic mass is 9.65. The van der Waals surface area contributed by atoms with Crippen LogP contribution in [0.2, 0.25) is 5.02 Å². The van der Waals surface area contributed by atoms with Gasteiger partial charge in [0.2, 0.25) is 5.91 Å². The molecule has 2 aromatic carbocycles. The average molecular weight is 569 g/mol. The van der Waals surface area contributed by atoms with Gasteiger partial charge in [-0.2, -0.15) is 13.2 Å². The minimum absolute atomic E-state index is 0.0991. The zero-order chi connectivity index (χ0) is 29.3. The average Bonchev–Trinajstić information content (AvgIpc) is 3.08. The lowest BCUT2D eigenvalue weighted by Crippen LogP contribution is -2.49. The normalized spacial score (nSPS) is 21.2. The summed E-state index contributed by atoms with van der Waals surface area (Å²) in [6.07, 6.45) is -4.17. The zero-order valence-corrected chi connectivity index (χ0v) is 22.1. The fourth-order valence-corrected chi connectivity index (χ4v) is 5.05. The van der Waals surface area contributed by atoms with Crippen molar-refractivity contribution < 1.29 is 42.6 Å². The minimum Gasteiger partial charge on any atom is -0.481 e. The monoisotopic (exact) mass is 568 g/mol. The van der Waals surface area contributed by atoms with E-state index in [-0.39, 0.29) is 29.1 Å². The first-order chi connectivity index (χ1) is 18.0. The van der Waals surface area contributed by atoms with Gasteiger partial charge in [-0.25, -0.2) is 4.79 Å². The van der Waals surface area contributed by atoms with Crippen molar-refractivity contribution in [1.29, 1.82) is 0 Å². The molecular weight excluding hydrogens is 541 g/mol. The molecular formula is C27H28ClF3N2O6. The predicted molar refractivity (Wildman–Crippen MR) is 136 cm³/mol. The Morgan fingerprint density at radius 2 is 1.67 bits per heavy atom. The van der Waals surface area contributed by atoms with Crippen molar-refractivity contribution in [2.45, 2.75) is 52.3 Å². The maximum absolute atomic E-state index is 13.0. The van der Waals surface area contributed by atoms with Crippen LogP contribution in [0.1, 0.15) is 55.1 Å². The third-order valence-corrected chi connectivity index (χ3v) is 8.15. The highest BCUT2D eigenvalue weighted by Gasteiger charge is 2.58. The van der Waals surface area contributed by atoms with Crippen LogP contribution in [0.3, 0.4) is 0 Å². The van der Waals surface area contributed by atoms with Crippen molar-refractivity contribution in [2.24, 2.45) is 16.7 Å². The van der Waals surface area contributed by atoms with Crippen molar-refractivity contribution in [3.63, 3.8) is 0 Å². The fraction of sp³-hybridized carbons (Fsp3) is 0.407. The van der Waals surface area contributed by atoms with Gasteiger partial charge in [0.15, 0.2) is 0 Å². The molecule has 0 aliphatic heterocycles. The first-order valence-corrected chi connectivity index (χ1v) is 12.4. The van der Waals surface area contributed by atoms with Gasteiger partial charge in [-0.3, -0.25) is 14.4 Å². The second kappa shape index (κ2) is 10.9. The highest BCUT2D eigenvalue weighted by Crippen LogP contribution is 2.56. The van der Waals surface area contributed by atoms with Crippen molar-refractivity contribution in [3.05, 3.63) is 64.2 Å². The molecule has 0 spiro atoms. The molecule has 2 aromatic rings. The third kappa shape index (κ3) is 6.19. The van der Waals surface area contributed by atoms with E-state index >= 15 is 0 Å². The summed E-state index contributed by atoms with van der Waals surface area (Å²) in [4.78, 5) is 49.2. The first kappa shape index (κ1) is 29.9. The minimum atomic E-state index is -4.65. The number of benzene rings is 2. The van der Waals surface area contributed by atoms with Crippen molar-refractivity contribution in [3.8, 4) is 0 Å². The molecule has 1 saturated carbocycles. The molecule has 210 valence electrons. The lowest BCUT2D eigenvalue weighted by Gasteiger charge is -2.38. The van der Waals surface area contributed by atoms with E-state index in [4.69, 9.17) is 11.6 Å². The van der Waals surface area contributed by atoms with Gasteiger partial charge in [0.25, 0.3) is 5.91 Å². The second-order valence-corrected chi connectivity index (χ2v) is 10.8. The molecule has 8 nitrogen and oxygen atoms in total. The van der Waals surface area contributed by atoms with Gasteiger partial charge >= 0.3 is 18.1 Å². The van der Waals surface area contributed by atoms with E-state index in [0.29, 0.717) is 18.1 Å². The van der Waals surface area contributed by atoms with Crippen LogP contribution in [0.15, 0.2) is 42.5 Å². The maximum atomic E-state index is 13.0. The molecule has 12 heteroatoms. The molecule has 0 heterocycles. The SMILES string of the molecule is CC1(C)[C@@H](C(=O)N[C@@H](Cc2ccc(NC(=O)c3cc(C(F)(F)F)ccc3Cl)cc2)C(=O)O)CC[C@@]1(C)C(=O)O. The molecule has 1 aliphatic carbocycles. The molecule has 1 fully saturated rings. The van der Waals surface area contributed by atoms with Crippen molar-refractivity contribution in [2.75, 3.05) is 5.32 Å². The molecule has 3 atom stereocenters. The Bertz CT molecular complexity index is 1300. The number of amides is 2. The Morgan fingerprint density at radius 1 is 1.05 bits per heavy atom. The van der Waals surface area contributed by atoms with Gasteiger partial charge in [-0.05, 0) is 61.1 Å². The zero-order valence-electron chi connectivity index (χ0n) is 21.4. The van der Waals surface area contributed by atoms with Crippen LogP contribution in [0.25, 0.3) is 0 Å². The van der Waals surface area contributed by atoms with E-state index < -0.39 is 58.3 Å². The van der Waals surface area contributed by atoms with E-state index in [9.17, 15) is 42.6 Å². The largest absolute Gasteiger partial charge is 0.481 e. The molecule has 4 N–H and O–H groups in total. The number of carbonyl (C=O) groups excluding carboxylic acids is 2. The summed E-state index contributed by atoms with van der Waals surface area (Å²) >= 11 is 5.91. The van der Waals surface area contributed by atoms with Gasteiger partial charge < -0.3 is 20.8 Å². The van der Waals surface area contributed by atoms with E-state index in [2.05, 4.69) is 10.6 Å². The van der Waals surface area contributed by atoms with Crippen LogP contribution in [0, 0.1) is 16.7 Å². The number of alkyl halides is 3. The third-order valence-electron chi connectivity index (χ3n) is 7.82. The van der Waals surface area contributed by atoms with Crippen LogP contribution in [-0.4, -0.2) is 40.0 Å². The molecule has 2 amide bonds. The quantitative estimate of drug-likeness (QED) is 0.344. The lowest BCUT2D eigenvalue weighted by molar-refractivity contribution is -0.155. The Balaban J connectivity index is 1.69. The van der Waals surface area contributed by atoms with Gasteiger partial charge in [0, 0.05) is 18.0 Å². The van der Waals surface area contributed by atoms with Gasteiger partial charge in [-0.15, -0.1) is 0 Å². The number of nitrogens with one attached hydrogen (secondary N) is 2. The molecule has 0 bridgehead atoms. The van der Waals surface area contributed by atoms with E-state index in [0.717, 1.165) is 12.1 Å². The number of hydrogen-bond donors (Lipinski definition) is 4. The molecule has 0 saturated heterocycles. The summed E-state index contributed by atoms with van der Waals surface area (Å²) in [6, 6.07) is 6.99. The molecule has 0 unspecified atom stereocenters. The highest BCUT2D eigenvalue weighted by atomic mass is 35.5. The molecule has 39 heavy (non-hydrogen) atoms. The van der Waals surface area contributed by atoms with Gasteiger partial charge in [-0.1, -0.05) is 37.6 Å². The van der Waals surface area contributed by atoms with Crippen LogP contribution < -0.4 is 10.6 Å². The number of aliphatic carboxylic acids is 2. The number of halogens is 4. The van der Waals surface area contributed by atoms with Crippen molar-refractivity contribution >= 4 is 41.0 Å². The molecule has 1 aliphatic rings. The number of carboxylic acids is 2. The van der Waals surface area contributed by atoms with Crippen LogP contribution in [0.4, 0.5) is 18.9 Å². The Kier molecular flexibility index (Phi) is 8.35. The standard InChI is InChI=1S/C27H28ClF3N2O6/c1-25(2)18(10-11-26(25,3)24(38)39)22(35)33-20(23(36)37)12-14-4-7-16(8-5-14)32-21(34)17-13-15(27(29,30)31)6-9-19(17)28/h4-9,13,18,20H,10-12H2,1-3H3,(H,32,34)(H,33,35)(H,36,37)(H,38,39)/t18-,20+,26+/m1/s1. The Hall–Kier alpha value is -3.60. The summed E-state index contributed by atoms with van der Waals surface area (Å²) in [5, 5.41) is 24.2. The van der Waals surface area contributed by atoms with Crippen LogP contribution >= 0.6 is 11.6 Å². The summed E-state index contributed by atoms with van der Waals surface area (Å²) in [6.45, 7) is 4.96. The topological polar surface area (TPSA) is 133 Å². The van der Waals surface area contributed by atoms with E-state index in [1.54, 1.807) is 20.8 Å². The predicted octanol–water partition coefficient (Wildman–Crippen LogP) is 5.25. The van der Waals surface area contributed by atoms with Crippen LogP contribution in [0.5, 0.6) is 0 Å². The first-order valence-electron chi connectivity index (χ1n) is 12.0. The second-order valence-electron chi connectivity index (χ2n) is 10.4. The number of carboxylic acid groups (broad SMARTS) is 2. The summed E-state index contributed by atoms with van der Waals surface area (Å²) in [5.41, 5.74) is -2.70. The fourth-order valence-electron chi connectivity index (χ4n) is 4.85. The Labute approximate surface area is 227 Å². The van der Waals surface area contributed by atoms with E-state index in [1.165, 1.54) is 24.3 Å². The summed E-state index contributed by atoms with van der Waals surface area (Å²) in [5.74, 6) is -4.39. The molecule has 0 radical (unpaired) electrons. The molecule has 0 aromatic heterocycles. The number of hydrogen-bond acceptors (Lipinski definition) is 4.